The Balaban J connectivity index is 2.05. The van der Waals surface area contributed by atoms with Gasteiger partial charge in [0, 0.05) is 18.7 Å². The molecule has 0 saturated carbocycles. The van der Waals surface area contributed by atoms with E-state index in [1.807, 2.05) is 13.0 Å². The molecular weight excluding hydrogens is 238 g/mol. The molecular formula is C16H19NO2. The maximum absolute atomic E-state index is 10.6. The van der Waals surface area contributed by atoms with Gasteiger partial charge in [-0.2, -0.15) is 0 Å². The maximum Gasteiger partial charge on any atom is 0.303 e. The molecule has 100 valence electrons. The summed E-state index contributed by atoms with van der Waals surface area (Å²) in [5.41, 5.74) is 2.29. The van der Waals surface area contributed by atoms with E-state index in [-0.39, 0.29) is 12.3 Å². The molecule has 0 radical (unpaired) electrons. The van der Waals surface area contributed by atoms with Crippen LogP contribution in [0.4, 0.5) is 5.69 Å². The molecule has 0 amide bonds. The van der Waals surface area contributed by atoms with Crippen LogP contribution in [0.2, 0.25) is 0 Å². The molecule has 1 unspecified atom stereocenters. The van der Waals surface area contributed by atoms with Crippen molar-refractivity contribution < 1.29 is 9.90 Å². The Kier molecular flexibility index (Phi) is 4.05. The van der Waals surface area contributed by atoms with E-state index < -0.39 is 5.97 Å². The lowest BCUT2D eigenvalue weighted by atomic mass is 10.1. The van der Waals surface area contributed by atoms with Gasteiger partial charge < -0.3 is 10.4 Å². The average Bonchev–Trinajstić information content (AvgIpc) is 2.35. The predicted octanol–water partition coefficient (Wildman–Crippen LogP) is 3.67. The standard InChI is InChI=1S/C16H19NO2/c1-11-3-4-14-9-15(6-5-13(14)7-11)17-10-12(2)8-16(18)19/h3-7,9,12,17H,8,10H2,1-2H3,(H,18,19). The monoisotopic (exact) mass is 257 g/mol. The number of anilines is 1. The Morgan fingerprint density at radius 1 is 1.21 bits per heavy atom. The van der Waals surface area contributed by atoms with Gasteiger partial charge >= 0.3 is 5.97 Å². The van der Waals surface area contributed by atoms with Crippen molar-refractivity contribution in [1.29, 1.82) is 0 Å². The van der Waals surface area contributed by atoms with Crippen molar-refractivity contribution in [2.75, 3.05) is 11.9 Å². The highest BCUT2D eigenvalue weighted by Gasteiger charge is 2.07. The van der Waals surface area contributed by atoms with Crippen molar-refractivity contribution in [1.82, 2.24) is 0 Å². The lowest BCUT2D eigenvalue weighted by Crippen LogP contribution is -2.14. The van der Waals surface area contributed by atoms with E-state index in [1.165, 1.54) is 16.3 Å². The molecule has 1 atom stereocenters. The number of aryl methyl sites for hydroxylation is 1. The molecule has 0 fully saturated rings. The van der Waals surface area contributed by atoms with Crippen LogP contribution in [-0.4, -0.2) is 17.6 Å². The summed E-state index contributed by atoms with van der Waals surface area (Å²) in [6.07, 6.45) is 0.194. The maximum atomic E-state index is 10.6. The molecule has 0 aliphatic carbocycles. The molecule has 2 N–H and O–H groups in total. The van der Waals surface area contributed by atoms with Crippen LogP contribution in [0.1, 0.15) is 18.9 Å². The first-order chi connectivity index (χ1) is 9.04. The number of carboxylic acids is 1. The minimum Gasteiger partial charge on any atom is -0.481 e. The van der Waals surface area contributed by atoms with Crippen LogP contribution in [0.3, 0.4) is 0 Å². The second-order valence-electron chi connectivity index (χ2n) is 5.15. The van der Waals surface area contributed by atoms with E-state index in [1.54, 1.807) is 0 Å². The van der Waals surface area contributed by atoms with Crippen molar-refractivity contribution in [3.63, 3.8) is 0 Å². The van der Waals surface area contributed by atoms with Crippen LogP contribution in [-0.2, 0) is 4.79 Å². The van der Waals surface area contributed by atoms with Gasteiger partial charge in [-0.3, -0.25) is 4.79 Å². The molecule has 3 heteroatoms. The highest BCUT2D eigenvalue weighted by molar-refractivity contribution is 5.86. The number of hydrogen-bond donors (Lipinski definition) is 2. The van der Waals surface area contributed by atoms with Crippen LogP contribution in [0.25, 0.3) is 10.8 Å². The number of carboxylic acid groups (broad SMARTS) is 1. The van der Waals surface area contributed by atoms with Gasteiger partial charge in [0.25, 0.3) is 0 Å². The largest absolute Gasteiger partial charge is 0.481 e. The molecule has 2 rings (SSSR count). The van der Waals surface area contributed by atoms with Gasteiger partial charge in [-0.05, 0) is 35.7 Å². The van der Waals surface area contributed by atoms with Gasteiger partial charge in [0.05, 0.1) is 0 Å². The highest BCUT2D eigenvalue weighted by Crippen LogP contribution is 2.20. The van der Waals surface area contributed by atoms with Gasteiger partial charge in [0.1, 0.15) is 0 Å². The summed E-state index contributed by atoms with van der Waals surface area (Å²) < 4.78 is 0. The Bertz CT molecular complexity index is 592. The van der Waals surface area contributed by atoms with Gasteiger partial charge in [-0.25, -0.2) is 0 Å². The first-order valence-electron chi connectivity index (χ1n) is 6.50. The Morgan fingerprint density at radius 2 is 1.89 bits per heavy atom. The topological polar surface area (TPSA) is 49.3 Å². The first-order valence-corrected chi connectivity index (χ1v) is 6.50. The number of nitrogens with one attached hydrogen (secondary N) is 1. The third kappa shape index (κ3) is 3.71. The molecule has 0 aromatic heterocycles. The molecule has 19 heavy (non-hydrogen) atoms. The van der Waals surface area contributed by atoms with Gasteiger partial charge in [-0.15, -0.1) is 0 Å². The minimum atomic E-state index is -0.747. The highest BCUT2D eigenvalue weighted by atomic mass is 16.4. The van der Waals surface area contributed by atoms with E-state index >= 15 is 0 Å². The van der Waals surface area contributed by atoms with Crippen molar-refractivity contribution >= 4 is 22.4 Å². The number of rotatable bonds is 5. The summed E-state index contributed by atoms with van der Waals surface area (Å²) >= 11 is 0. The second kappa shape index (κ2) is 5.74. The van der Waals surface area contributed by atoms with Crippen LogP contribution in [0.5, 0.6) is 0 Å². The zero-order valence-corrected chi connectivity index (χ0v) is 11.3. The molecule has 0 heterocycles. The van der Waals surface area contributed by atoms with E-state index in [0.29, 0.717) is 6.54 Å². The number of benzene rings is 2. The Hall–Kier alpha value is -2.03. The lowest BCUT2D eigenvalue weighted by molar-refractivity contribution is -0.137. The number of hydrogen-bond acceptors (Lipinski definition) is 2. The fourth-order valence-corrected chi connectivity index (χ4v) is 2.14. The summed E-state index contributed by atoms with van der Waals surface area (Å²) in [6, 6.07) is 12.6. The smallest absolute Gasteiger partial charge is 0.303 e. The molecule has 0 aliphatic heterocycles. The molecule has 3 nitrogen and oxygen atoms in total. The normalized spacial score (nSPS) is 12.3. The SMILES string of the molecule is Cc1ccc2cc(NCC(C)CC(=O)O)ccc2c1. The molecule has 2 aromatic carbocycles. The Morgan fingerprint density at radius 3 is 2.63 bits per heavy atom. The third-order valence-electron chi connectivity index (χ3n) is 3.17. The number of carbonyl (C=O) groups is 1. The van der Waals surface area contributed by atoms with Gasteiger partial charge in [0.2, 0.25) is 0 Å². The predicted molar refractivity (Wildman–Crippen MR) is 78.6 cm³/mol. The van der Waals surface area contributed by atoms with Crippen LogP contribution in [0.15, 0.2) is 36.4 Å². The summed E-state index contributed by atoms with van der Waals surface area (Å²) in [6.45, 7) is 4.69. The van der Waals surface area contributed by atoms with Gasteiger partial charge in [-0.1, -0.05) is 36.8 Å². The van der Waals surface area contributed by atoms with Crippen LogP contribution < -0.4 is 5.32 Å². The van der Waals surface area contributed by atoms with E-state index in [2.05, 4.69) is 42.6 Å². The molecule has 0 bridgehead atoms. The number of aliphatic carboxylic acids is 1. The van der Waals surface area contributed by atoms with E-state index in [4.69, 9.17) is 5.11 Å². The molecule has 0 aliphatic rings. The Labute approximate surface area is 113 Å². The summed E-state index contributed by atoms with van der Waals surface area (Å²) in [5.74, 6) is -0.630. The third-order valence-corrected chi connectivity index (χ3v) is 3.17. The minimum absolute atomic E-state index is 0.117. The fourth-order valence-electron chi connectivity index (χ4n) is 2.14. The van der Waals surface area contributed by atoms with Crippen molar-refractivity contribution in [3.8, 4) is 0 Å². The van der Waals surface area contributed by atoms with E-state index in [0.717, 1.165) is 5.69 Å². The quantitative estimate of drug-likeness (QED) is 0.859. The molecule has 0 saturated heterocycles. The first kappa shape index (κ1) is 13.4. The summed E-state index contributed by atoms with van der Waals surface area (Å²) in [4.78, 5) is 10.6. The van der Waals surface area contributed by atoms with Gasteiger partial charge in [0.15, 0.2) is 0 Å². The van der Waals surface area contributed by atoms with Crippen molar-refractivity contribution in [2.24, 2.45) is 5.92 Å². The summed E-state index contributed by atoms with van der Waals surface area (Å²) in [5, 5.41) is 14.4. The van der Waals surface area contributed by atoms with Crippen LogP contribution >= 0.6 is 0 Å². The number of fused-ring (bicyclic) bond motifs is 1. The zero-order valence-electron chi connectivity index (χ0n) is 11.3. The molecule has 2 aromatic rings. The second-order valence-corrected chi connectivity index (χ2v) is 5.15. The van der Waals surface area contributed by atoms with Crippen molar-refractivity contribution in [3.05, 3.63) is 42.0 Å². The molecule has 0 spiro atoms. The van der Waals surface area contributed by atoms with Crippen LogP contribution in [0, 0.1) is 12.8 Å². The van der Waals surface area contributed by atoms with Crippen molar-refractivity contribution in [2.45, 2.75) is 20.3 Å². The lowest BCUT2D eigenvalue weighted by Gasteiger charge is -2.12. The van der Waals surface area contributed by atoms with E-state index in [9.17, 15) is 4.79 Å². The summed E-state index contributed by atoms with van der Waals surface area (Å²) in [7, 11) is 0. The zero-order chi connectivity index (χ0) is 13.8. The average molecular weight is 257 g/mol. The fraction of sp³-hybridized carbons (Fsp3) is 0.312.